The minimum atomic E-state index is -0.724. The molecule has 8 heteroatoms. The van der Waals surface area contributed by atoms with Gasteiger partial charge in [-0.1, -0.05) is 6.07 Å². The van der Waals surface area contributed by atoms with E-state index in [-0.39, 0.29) is 24.7 Å². The van der Waals surface area contributed by atoms with Crippen LogP contribution in [0, 0.1) is 11.6 Å². The number of hydrogen-bond acceptors (Lipinski definition) is 3. The Hall–Kier alpha value is -3.00. The Labute approximate surface area is 156 Å². The van der Waals surface area contributed by atoms with Crippen molar-refractivity contribution in [1.82, 2.24) is 0 Å². The number of nitrogens with one attached hydrogen (secondary N) is 3. The van der Waals surface area contributed by atoms with Gasteiger partial charge in [0.1, 0.15) is 17.4 Å². The second-order valence-corrected chi connectivity index (χ2v) is 5.91. The molecule has 27 heavy (non-hydrogen) atoms. The third-order valence-corrected chi connectivity index (χ3v) is 3.88. The lowest BCUT2D eigenvalue weighted by atomic mass is 10.3. The van der Waals surface area contributed by atoms with E-state index in [4.69, 9.17) is 4.74 Å². The number of rotatable bonds is 8. The molecule has 144 valence electrons. The van der Waals surface area contributed by atoms with Gasteiger partial charge in [0.15, 0.2) is 13.1 Å². The average Bonchev–Trinajstić information content (AvgIpc) is 2.64. The molecule has 2 rings (SSSR count). The van der Waals surface area contributed by atoms with Gasteiger partial charge in [0.05, 0.1) is 19.3 Å². The topological polar surface area (TPSA) is 71.9 Å². The lowest BCUT2D eigenvalue weighted by molar-refractivity contribution is -0.881. The Balaban J connectivity index is 1.91. The molecule has 1 atom stereocenters. The van der Waals surface area contributed by atoms with Crippen LogP contribution in [0.25, 0.3) is 0 Å². The fourth-order valence-corrected chi connectivity index (χ4v) is 2.46. The maximum atomic E-state index is 13.6. The highest BCUT2D eigenvalue weighted by Gasteiger charge is 2.18. The maximum absolute atomic E-state index is 13.6. The molecule has 0 heterocycles. The third kappa shape index (κ3) is 6.34. The van der Waals surface area contributed by atoms with Gasteiger partial charge < -0.3 is 20.3 Å². The molecule has 6 nitrogen and oxygen atoms in total. The van der Waals surface area contributed by atoms with Gasteiger partial charge >= 0.3 is 0 Å². The SMILES string of the molecule is CC[NH+](CC(=O)Nc1cccc(OC)c1)CC(=O)Nc1cc(F)ccc1F. The summed E-state index contributed by atoms with van der Waals surface area (Å²) in [7, 11) is 1.53. The highest BCUT2D eigenvalue weighted by atomic mass is 19.1. The van der Waals surface area contributed by atoms with Crippen LogP contribution in [0.5, 0.6) is 5.75 Å². The predicted molar refractivity (Wildman–Crippen MR) is 97.8 cm³/mol. The van der Waals surface area contributed by atoms with Crippen LogP contribution in [0.4, 0.5) is 20.2 Å². The predicted octanol–water partition coefficient (Wildman–Crippen LogP) is 1.46. The summed E-state index contributed by atoms with van der Waals surface area (Å²) >= 11 is 0. The molecule has 2 aromatic rings. The molecule has 2 amide bonds. The highest BCUT2D eigenvalue weighted by Crippen LogP contribution is 2.16. The molecule has 0 saturated carbocycles. The van der Waals surface area contributed by atoms with Crippen LogP contribution in [0.1, 0.15) is 6.92 Å². The van der Waals surface area contributed by atoms with E-state index in [9.17, 15) is 18.4 Å². The van der Waals surface area contributed by atoms with E-state index < -0.39 is 17.5 Å². The van der Waals surface area contributed by atoms with E-state index in [1.807, 2.05) is 6.92 Å². The molecule has 3 N–H and O–H groups in total. The van der Waals surface area contributed by atoms with Gasteiger partial charge in [-0.15, -0.1) is 0 Å². The number of carbonyl (C=O) groups is 2. The molecule has 0 bridgehead atoms. The van der Waals surface area contributed by atoms with Gasteiger partial charge in [-0.05, 0) is 31.2 Å². The number of anilines is 2. The molecule has 0 spiro atoms. The Bertz CT molecular complexity index is 815. The maximum Gasteiger partial charge on any atom is 0.279 e. The van der Waals surface area contributed by atoms with Crippen molar-refractivity contribution in [3.8, 4) is 5.75 Å². The number of benzene rings is 2. The number of carbonyl (C=O) groups excluding carboxylic acids is 2. The molecule has 0 aliphatic rings. The molecule has 0 saturated heterocycles. The minimum Gasteiger partial charge on any atom is -0.497 e. The molecule has 1 unspecified atom stereocenters. The van der Waals surface area contributed by atoms with Crippen LogP contribution in [0.15, 0.2) is 42.5 Å². The van der Waals surface area contributed by atoms with Gasteiger partial charge in [-0.25, -0.2) is 8.78 Å². The second-order valence-electron chi connectivity index (χ2n) is 5.91. The molecule has 0 aliphatic heterocycles. The number of hydrogen-bond donors (Lipinski definition) is 3. The largest absolute Gasteiger partial charge is 0.497 e. The Kier molecular flexibility index (Phi) is 7.25. The van der Waals surface area contributed by atoms with Crippen LogP contribution >= 0.6 is 0 Å². The van der Waals surface area contributed by atoms with Crippen molar-refractivity contribution in [2.45, 2.75) is 6.92 Å². The quantitative estimate of drug-likeness (QED) is 0.651. The molecular weight excluding hydrogens is 356 g/mol. The van der Waals surface area contributed by atoms with Crippen molar-refractivity contribution >= 4 is 23.2 Å². The first kappa shape index (κ1) is 20.3. The molecule has 2 aromatic carbocycles. The lowest BCUT2D eigenvalue weighted by Crippen LogP contribution is -3.13. The number of amides is 2. The van der Waals surface area contributed by atoms with Crippen LogP contribution in [-0.2, 0) is 9.59 Å². The van der Waals surface area contributed by atoms with E-state index in [0.29, 0.717) is 22.9 Å². The van der Waals surface area contributed by atoms with Crippen LogP contribution in [0.3, 0.4) is 0 Å². The standard InChI is InChI=1S/C19H21F2N3O3/c1-3-24(11-18(25)22-14-5-4-6-15(10-14)27-2)12-19(26)23-17-9-13(20)7-8-16(17)21/h4-10H,3,11-12H2,1-2H3,(H,22,25)(H,23,26)/p+1. The zero-order chi connectivity index (χ0) is 19.8. The van der Waals surface area contributed by atoms with Crippen molar-refractivity contribution in [3.05, 3.63) is 54.1 Å². The number of methoxy groups -OCH3 is 1. The number of quaternary nitrogens is 1. The summed E-state index contributed by atoms with van der Waals surface area (Å²) in [6.07, 6.45) is 0. The smallest absolute Gasteiger partial charge is 0.279 e. The fourth-order valence-electron chi connectivity index (χ4n) is 2.46. The summed E-state index contributed by atoms with van der Waals surface area (Å²) < 4.78 is 31.9. The van der Waals surface area contributed by atoms with Crippen LogP contribution in [-0.4, -0.2) is 38.6 Å². The lowest BCUT2D eigenvalue weighted by Gasteiger charge is -2.17. The molecule has 0 radical (unpaired) electrons. The summed E-state index contributed by atoms with van der Waals surface area (Å²) in [5, 5.41) is 5.07. The van der Waals surface area contributed by atoms with Crippen molar-refractivity contribution in [1.29, 1.82) is 0 Å². The van der Waals surface area contributed by atoms with E-state index in [2.05, 4.69) is 10.6 Å². The number of likely N-dealkylation sites (N-methyl/N-ethyl adjacent to an activating group) is 1. The van der Waals surface area contributed by atoms with Gasteiger partial charge in [0.25, 0.3) is 11.8 Å². The summed E-state index contributed by atoms with van der Waals surface area (Å²) in [5.74, 6) is -1.54. The van der Waals surface area contributed by atoms with Gasteiger partial charge in [0.2, 0.25) is 0 Å². The van der Waals surface area contributed by atoms with Gasteiger partial charge in [-0.2, -0.15) is 0 Å². The van der Waals surface area contributed by atoms with Gasteiger partial charge in [0, 0.05) is 17.8 Å². The van der Waals surface area contributed by atoms with Crippen molar-refractivity contribution < 1.29 is 28.0 Å². The zero-order valence-electron chi connectivity index (χ0n) is 15.1. The summed E-state index contributed by atoms with van der Waals surface area (Å²) in [4.78, 5) is 25.0. The third-order valence-electron chi connectivity index (χ3n) is 3.88. The Morgan fingerprint density at radius 1 is 1.04 bits per heavy atom. The Morgan fingerprint density at radius 3 is 2.41 bits per heavy atom. The summed E-state index contributed by atoms with van der Waals surface area (Å²) in [6, 6.07) is 9.74. The first-order chi connectivity index (χ1) is 12.9. The van der Waals surface area contributed by atoms with E-state index in [1.165, 1.54) is 7.11 Å². The van der Waals surface area contributed by atoms with E-state index in [0.717, 1.165) is 18.2 Å². The Morgan fingerprint density at radius 2 is 1.74 bits per heavy atom. The van der Waals surface area contributed by atoms with Crippen molar-refractivity contribution in [2.75, 3.05) is 37.4 Å². The normalized spacial score (nSPS) is 11.6. The summed E-state index contributed by atoms with van der Waals surface area (Å²) in [5.41, 5.74) is 0.359. The van der Waals surface area contributed by atoms with E-state index in [1.54, 1.807) is 24.3 Å². The fraction of sp³-hybridized carbons (Fsp3) is 0.263. The van der Waals surface area contributed by atoms with E-state index >= 15 is 0 Å². The monoisotopic (exact) mass is 378 g/mol. The molecule has 0 aromatic heterocycles. The first-order valence-electron chi connectivity index (χ1n) is 8.43. The average molecular weight is 378 g/mol. The first-order valence-corrected chi connectivity index (χ1v) is 8.43. The van der Waals surface area contributed by atoms with Crippen LogP contribution in [0.2, 0.25) is 0 Å². The molecule has 0 aliphatic carbocycles. The van der Waals surface area contributed by atoms with Crippen molar-refractivity contribution in [2.24, 2.45) is 0 Å². The van der Waals surface area contributed by atoms with Crippen LogP contribution < -0.4 is 20.3 Å². The second kappa shape index (κ2) is 9.63. The molecule has 0 fully saturated rings. The minimum absolute atomic E-state index is 0.0484. The van der Waals surface area contributed by atoms with Crippen molar-refractivity contribution in [3.63, 3.8) is 0 Å². The highest BCUT2D eigenvalue weighted by molar-refractivity contribution is 5.93. The van der Waals surface area contributed by atoms with Gasteiger partial charge in [-0.3, -0.25) is 9.59 Å². The molecular formula is C19H22F2N3O3+. The summed E-state index contributed by atoms with van der Waals surface area (Å²) in [6.45, 7) is 2.32. The number of halogens is 2. The number of ether oxygens (including phenoxy) is 1. The zero-order valence-corrected chi connectivity index (χ0v) is 15.1.